The molecule has 0 atom stereocenters. The van der Waals surface area contributed by atoms with E-state index in [2.05, 4.69) is 43.0 Å². The van der Waals surface area contributed by atoms with E-state index in [1.54, 1.807) is 0 Å². The molecule has 0 fully saturated rings. The Kier molecular flexibility index (Phi) is 6.57. The summed E-state index contributed by atoms with van der Waals surface area (Å²) in [6, 6.07) is 8.15. The third-order valence-electron chi connectivity index (χ3n) is 2.87. The van der Waals surface area contributed by atoms with Crippen molar-refractivity contribution in [2.24, 2.45) is 0 Å². The van der Waals surface area contributed by atoms with E-state index >= 15 is 0 Å². The molecule has 0 bridgehead atoms. The lowest BCUT2D eigenvalue weighted by Crippen LogP contribution is -2.35. The third kappa shape index (κ3) is 6.60. The molecule has 0 aliphatic rings. The van der Waals surface area contributed by atoms with Crippen molar-refractivity contribution in [1.82, 2.24) is 10.2 Å². The number of hydrogen-bond acceptors (Lipinski definition) is 3. The lowest BCUT2D eigenvalue weighted by molar-refractivity contribution is 0.249. The first kappa shape index (κ1) is 16.6. The topological polar surface area (TPSA) is 24.5 Å². The minimum Gasteiger partial charge on any atom is -0.492 e. The Morgan fingerprint density at radius 2 is 2.00 bits per heavy atom. The zero-order valence-corrected chi connectivity index (χ0v) is 13.1. The molecule has 0 saturated heterocycles. The average Bonchev–Trinajstić information content (AvgIpc) is 2.37. The van der Waals surface area contributed by atoms with Crippen molar-refractivity contribution in [3.63, 3.8) is 0 Å². The molecule has 0 radical (unpaired) electrons. The first-order valence-corrected chi connectivity index (χ1v) is 7.00. The van der Waals surface area contributed by atoms with Crippen molar-refractivity contribution >= 4 is 0 Å². The summed E-state index contributed by atoms with van der Waals surface area (Å²) in [7, 11) is 2.00. The van der Waals surface area contributed by atoms with Gasteiger partial charge in [0, 0.05) is 24.2 Å². The Labute approximate surface area is 123 Å². The molecule has 3 nitrogen and oxygen atoms in total. The normalized spacial score (nSPS) is 11.4. The van der Waals surface area contributed by atoms with Crippen molar-refractivity contribution in [3.8, 4) is 18.1 Å². The van der Waals surface area contributed by atoms with Crippen LogP contribution in [0.2, 0.25) is 0 Å². The zero-order valence-electron chi connectivity index (χ0n) is 13.1. The summed E-state index contributed by atoms with van der Waals surface area (Å²) in [4.78, 5) is 2.07. The maximum absolute atomic E-state index is 5.87. The molecule has 1 aromatic carbocycles. The zero-order chi connectivity index (χ0) is 15.0. The van der Waals surface area contributed by atoms with Gasteiger partial charge in [-0.2, -0.15) is 0 Å². The van der Waals surface area contributed by atoms with E-state index in [0.29, 0.717) is 13.2 Å². The summed E-state index contributed by atoms with van der Waals surface area (Å²) in [5.74, 6) is 3.57. The van der Waals surface area contributed by atoms with Gasteiger partial charge in [-0.1, -0.05) is 24.1 Å². The second kappa shape index (κ2) is 7.94. The van der Waals surface area contributed by atoms with Crippen LogP contribution in [-0.2, 0) is 6.54 Å². The standard InChI is InChI=1S/C17H26N2O/c1-6-11-19(5)12-13-20-16-10-8-7-9-15(16)14-18-17(2,3)4/h1,7-10,18H,11-14H2,2-5H3. The van der Waals surface area contributed by atoms with E-state index in [1.165, 1.54) is 5.56 Å². The highest BCUT2D eigenvalue weighted by atomic mass is 16.5. The fraction of sp³-hybridized carbons (Fsp3) is 0.529. The Bertz CT molecular complexity index is 443. The second-order valence-electron chi connectivity index (χ2n) is 6.00. The van der Waals surface area contributed by atoms with Crippen LogP contribution in [0.4, 0.5) is 0 Å². The molecule has 0 aliphatic carbocycles. The second-order valence-corrected chi connectivity index (χ2v) is 6.00. The number of terminal acetylenes is 1. The van der Waals surface area contributed by atoms with E-state index < -0.39 is 0 Å². The fourth-order valence-electron chi connectivity index (χ4n) is 1.70. The smallest absolute Gasteiger partial charge is 0.123 e. The van der Waals surface area contributed by atoms with Gasteiger partial charge >= 0.3 is 0 Å². The molecule has 1 N–H and O–H groups in total. The number of likely N-dealkylation sites (N-methyl/N-ethyl adjacent to an activating group) is 1. The van der Waals surface area contributed by atoms with E-state index in [1.807, 2.05) is 25.2 Å². The maximum atomic E-state index is 5.87. The summed E-state index contributed by atoms with van der Waals surface area (Å²) in [6.45, 7) is 9.40. The van der Waals surface area contributed by atoms with Gasteiger partial charge in [-0.05, 0) is 33.9 Å². The quantitative estimate of drug-likeness (QED) is 0.773. The van der Waals surface area contributed by atoms with Gasteiger partial charge in [0.1, 0.15) is 12.4 Å². The molecule has 3 heteroatoms. The molecule has 0 aromatic heterocycles. The van der Waals surface area contributed by atoms with Gasteiger partial charge in [0.2, 0.25) is 0 Å². The van der Waals surface area contributed by atoms with E-state index in [9.17, 15) is 0 Å². The molecule has 20 heavy (non-hydrogen) atoms. The molecule has 1 aromatic rings. The molecular formula is C17H26N2O. The van der Waals surface area contributed by atoms with Crippen LogP contribution in [0, 0.1) is 12.3 Å². The summed E-state index contributed by atoms with van der Waals surface area (Å²) >= 11 is 0. The van der Waals surface area contributed by atoms with Crippen LogP contribution in [-0.4, -0.2) is 37.2 Å². The lowest BCUT2D eigenvalue weighted by Gasteiger charge is -2.22. The van der Waals surface area contributed by atoms with Crippen molar-refractivity contribution < 1.29 is 4.74 Å². The molecular weight excluding hydrogens is 248 g/mol. The molecule has 0 heterocycles. The summed E-state index contributed by atoms with van der Waals surface area (Å²) < 4.78 is 5.87. The van der Waals surface area contributed by atoms with E-state index in [4.69, 9.17) is 11.2 Å². The third-order valence-corrected chi connectivity index (χ3v) is 2.87. The first-order chi connectivity index (χ1) is 9.42. The number of ether oxygens (including phenoxy) is 1. The molecule has 0 spiro atoms. The monoisotopic (exact) mass is 274 g/mol. The average molecular weight is 274 g/mol. The highest BCUT2D eigenvalue weighted by Gasteiger charge is 2.10. The molecule has 110 valence electrons. The summed E-state index contributed by atoms with van der Waals surface area (Å²) in [5.41, 5.74) is 1.28. The molecule has 1 rings (SSSR count). The number of nitrogens with zero attached hydrogens (tertiary/aromatic N) is 1. The highest BCUT2D eigenvalue weighted by Crippen LogP contribution is 2.18. The van der Waals surface area contributed by atoms with Gasteiger partial charge in [-0.15, -0.1) is 6.42 Å². The van der Waals surface area contributed by atoms with Gasteiger partial charge in [0.05, 0.1) is 6.54 Å². The van der Waals surface area contributed by atoms with Crippen LogP contribution in [0.3, 0.4) is 0 Å². The number of nitrogens with one attached hydrogen (secondary N) is 1. The lowest BCUT2D eigenvalue weighted by atomic mass is 10.1. The summed E-state index contributed by atoms with van der Waals surface area (Å²) in [6.07, 6.45) is 5.28. The highest BCUT2D eigenvalue weighted by molar-refractivity contribution is 5.33. The van der Waals surface area contributed by atoms with Gasteiger partial charge < -0.3 is 10.1 Å². The van der Waals surface area contributed by atoms with Crippen LogP contribution >= 0.6 is 0 Å². The number of rotatable bonds is 7. The van der Waals surface area contributed by atoms with Crippen LogP contribution in [0.15, 0.2) is 24.3 Å². The summed E-state index contributed by atoms with van der Waals surface area (Å²) in [5, 5.41) is 3.48. The van der Waals surface area contributed by atoms with Gasteiger partial charge in [-0.25, -0.2) is 0 Å². The van der Waals surface area contributed by atoms with Crippen molar-refractivity contribution in [2.75, 3.05) is 26.7 Å². The van der Waals surface area contributed by atoms with Crippen LogP contribution in [0.25, 0.3) is 0 Å². The first-order valence-electron chi connectivity index (χ1n) is 7.00. The predicted octanol–water partition coefficient (Wildman–Crippen LogP) is 2.52. The maximum Gasteiger partial charge on any atom is 0.123 e. The van der Waals surface area contributed by atoms with Gasteiger partial charge in [-0.3, -0.25) is 4.90 Å². The van der Waals surface area contributed by atoms with E-state index in [-0.39, 0.29) is 5.54 Å². The van der Waals surface area contributed by atoms with Crippen LogP contribution in [0.5, 0.6) is 5.75 Å². The predicted molar refractivity (Wildman–Crippen MR) is 84.9 cm³/mol. The van der Waals surface area contributed by atoms with E-state index in [0.717, 1.165) is 18.8 Å². The molecule has 0 unspecified atom stereocenters. The van der Waals surface area contributed by atoms with Crippen molar-refractivity contribution in [3.05, 3.63) is 29.8 Å². The Hall–Kier alpha value is -1.50. The Balaban J connectivity index is 2.51. The minimum atomic E-state index is 0.0973. The van der Waals surface area contributed by atoms with Crippen LogP contribution in [0.1, 0.15) is 26.3 Å². The minimum absolute atomic E-state index is 0.0973. The van der Waals surface area contributed by atoms with Crippen LogP contribution < -0.4 is 10.1 Å². The fourth-order valence-corrected chi connectivity index (χ4v) is 1.70. The van der Waals surface area contributed by atoms with Gasteiger partial charge in [0.25, 0.3) is 0 Å². The largest absolute Gasteiger partial charge is 0.492 e. The Morgan fingerprint density at radius 1 is 1.30 bits per heavy atom. The SMILES string of the molecule is C#CCN(C)CCOc1ccccc1CNC(C)(C)C. The van der Waals surface area contributed by atoms with Gasteiger partial charge in [0.15, 0.2) is 0 Å². The molecule has 0 amide bonds. The Morgan fingerprint density at radius 3 is 2.65 bits per heavy atom. The number of para-hydroxylation sites is 1. The molecule has 0 aliphatic heterocycles. The number of benzene rings is 1. The molecule has 0 saturated carbocycles. The van der Waals surface area contributed by atoms with Crippen molar-refractivity contribution in [2.45, 2.75) is 32.9 Å². The van der Waals surface area contributed by atoms with Crippen molar-refractivity contribution in [1.29, 1.82) is 0 Å². The number of hydrogen-bond donors (Lipinski definition) is 1.